The van der Waals surface area contributed by atoms with Gasteiger partial charge in [-0.05, 0) is 25.2 Å². The molecule has 1 rings (SSSR count). The Labute approximate surface area is 103 Å². The van der Waals surface area contributed by atoms with Crippen LogP contribution in [0.4, 0.5) is 0 Å². The Balaban J connectivity index is 2.53. The van der Waals surface area contributed by atoms with E-state index in [1.807, 2.05) is 0 Å². The van der Waals surface area contributed by atoms with Crippen LogP contribution < -0.4 is 0 Å². The fourth-order valence-corrected chi connectivity index (χ4v) is 2.67. The molecule has 2 unspecified atom stereocenters. The highest BCUT2D eigenvalue weighted by Crippen LogP contribution is 2.35. The second-order valence-electron chi connectivity index (χ2n) is 4.77. The molecule has 0 aromatic rings. The summed E-state index contributed by atoms with van der Waals surface area (Å²) < 4.78 is 4.71. The zero-order valence-corrected chi connectivity index (χ0v) is 10.8. The van der Waals surface area contributed by atoms with Crippen LogP contribution in [0.25, 0.3) is 0 Å². The Hall–Kier alpha value is -1.06. The number of nitrogens with zero attached hydrogens (tertiary/aromatic N) is 1. The van der Waals surface area contributed by atoms with E-state index < -0.39 is 0 Å². The minimum Gasteiger partial charge on any atom is -0.469 e. The van der Waals surface area contributed by atoms with Gasteiger partial charge >= 0.3 is 5.97 Å². The minimum absolute atomic E-state index is 0.158. The lowest BCUT2D eigenvalue weighted by molar-refractivity contribution is -0.141. The number of oxime groups is 1. The highest BCUT2D eigenvalue weighted by Gasteiger charge is 2.34. The van der Waals surface area contributed by atoms with Crippen molar-refractivity contribution in [1.82, 2.24) is 0 Å². The molecule has 0 heterocycles. The van der Waals surface area contributed by atoms with E-state index in [4.69, 9.17) is 9.94 Å². The SMILES string of the molecule is CCCCCC1C(=NO)CCC1CC(=O)OC. The van der Waals surface area contributed by atoms with Crippen LogP contribution in [0.3, 0.4) is 0 Å². The van der Waals surface area contributed by atoms with Crippen LogP contribution in [0.2, 0.25) is 0 Å². The second-order valence-corrected chi connectivity index (χ2v) is 4.77. The van der Waals surface area contributed by atoms with Gasteiger partial charge in [-0.15, -0.1) is 0 Å². The molecule has 1 saturated carbocycles. The van der Waals surface area contributed by atoms with Gasteiger partial charge in [-0.3, -0.25) is 4.79 Å². The van der Waals surface area contributed by atoms with Gasteiger partial charge in [-0.25, -0.2) is 0 Å². The van der Waals surface area contributed by atoms with E-state index in [9.17, 15) is 4.79 Å². The fourth-order valence-electron chi connectivity index (χ4n) is 2.67. The van der Waals surface area contributed by atoms with E-state index in [0.29, 0.717) is 12.3 Å². The van der Waals surface area contributed by atoms with Gasteiger partial charge < -0.3 is 9.94 Å². The van der Waals surface area contributed by atoms with Crippen molar-refractivity contribution in [2.75, 3.05) is 7.11 Å². The molecule has 1 N–H and O–H groups in total. The lowest BCUT2D eigenvalue weighted by Gasteiger charge is -2.18. The standard InChI is InChI=1S/C13H23NO3/c1-3-4-5-6-11-10(9-13(15)17-2)7-8-12(11)14-16/h10-11,16H,3-9H2,1-2H3. The lowest BCUT2D eigenvalue weighted by Crippen LogP contribution is -2.18. The molecule has 4 nitrogen and oxygen atoms in total. The van der Waals surface area contributed by atoms with Gasteiger partial charge in [0.25, 0.3) is 0 Å². The quantitative estimate of drug-likeness (QED) is 0.336. The Morgan fingerprint density at radius 3 is 2.88 bits per heavy atom. The molecule has 0 spiro atoms. The highest BCUT2D eigenvalue weighted by molar-refractivity contribution is 5.89. The van der Waals surface area contributed by atoms with Crippen molar-refractivity contribution in [2.45, 2.75) is 51.9 Å². The first-order valence-electron chi connectivity index (χ1n) is 6.50. The zero-order valence-electron chi connectivity index (χ0n) is 10.8. The molecule has 4 heteroatoms. The molecule has 0 aromatic heterocycles. The molecular formula is C13H23NO3. The van der Waals surface area contributed by atoms with E-state index in [0.717, 1.165) is 31.4 Å². The predicted molar refractivity (Wildman–Crippen MR) is 66.2 cm³/mol. The molecule has 1 aliphatic carbocycles. The maximum Gasteiger partial charge on any atom is 0.305 e. The van der Waals surface area contributed by atoms with Gasteiger partial charge in [-0.1, -0.05) is 31.3 Å². The third-order valence-electron chi connectivity index (χ3n) is 3.67. The number of carbonyl (C=O) groups is 1. The molecule has 0 aromatic carbocycles. The molecular weight excluding hydrogens is 218 g/mol. The zero-order chi connectivity index (χ0) is 12.7. The van der Waals surface area contributed by atoms with Crippen molar-refractivity contribution in [3.05, 3.63) is 0 Å². The van der Waals surface area contributed by atoms with Gasteiger partial charge in [-0.2, -0.15) is 0 Å². The molecule has 0 radical (unpaired) electrons. The summed E-state index contributed by atoms with van der Waals surface area (Å²) in [5.41, 5.74) is 0.870. The number of hydrogen-bond donors (Lipinski definition) is 1. The summed E-state index contributed by atoms with van der Waals surface area (Å²) in [7, 11) is 1.42. The van der Waals surface area contributed by atoms with Crippen molar-refractivity contribution >= 4 is 11.7 Å². The summed E-state index contributed by atoms with van der Waals surface area (Å²) in [4.78, 5) is 11.3. The van der Waals surface area contributed by atoms with Gasteiger partial charge in [0.2, 0.25) is 0 Å². The number of ether oxygens (including phenoxy) is 1. The smallest absolute Gasteiger partial charge is 0.305 e. The van der Waals surface area contributed by atoms with Crippen molar-refractivity contribution in [2.24, 2.45) is 17.0 Å². The summed E-state index contributed by atoms with van der Waals surface area (Å²) in [6.07, 6.45) is 6.74. The predicted octanol–water partition coefficient (Wildman–Crippen LogP) is 2.99. The molecule has 1 aliphatic rings. The summed E-state index contributed by atoms with van der Waals surface area (Å²) in [5.74, 6) is 0.408. The van der Waals surface area contributed by atoms with E-state index in [1.165, 1.54) is 20.0 Å². The largest absolute Gasteiger partial charge is 0.469 e. The number of hydrogen-bond acceptors (Lipinski definition) is 4. The number of methoxy groups -OCH3 is 1. The third kappa shape index (κ3) is 4.02. The van der Waals surface area contributed by atoms with E-state index in [1.54, 1.807) is 0 Å². The monoisotopic (exact) mass is 241 g/mol. The van der Waals surface area contributed by atoms with Crippen LogP contribution in [0.15, 0.2) is 5.16 Å². The first-order valence-corrected chi connectivity index (χ1v) is 6.50. The van der Waals surface area contributed by atoms with Crippen molar-refractivity contribution < 1.29 is 14.7 Å². The summed E-state index contributed by atoms with van der Waals surface area (Å²) in [6.45, 7) is 2.17. The Morgan fingerprint density at radius 1 is 1.53 bits per heavy atom. The normalized spacial score (nSPS) is 26.4. The maximum absolute atomic E-state index is 11.3. The number of esters is 1. The van der Waals surface area contributed by atoms with Crippen LogP contribution in [0.5, 0.6) is 0 Å². The second kappa shape index (κ2) is 7.30. The topological polar surface area (TPSA) is 58.9 Å². The molecule has 98 valence electrons. The summed E-state index contributed by atoms with van der Waals surface area (Å²) >= 11 is 0. The van der Waals surface area contributed by atoms with Crippen molar-refractivity contribution in [3.8, 4) is 0 Å². The third-order valence-corrected chi connectivity index (χ3v) is 3.67. The molecule has 17 heavy (non-hydrogen) atoms. The number of unbranched alkanes of at least 4 members (excludes halogenated alkanes) is 2. The molecule has 0 saturated heterocycles. The molecule has 0 amide bonds. The van der Waals surface area contributed by atoms with Crippen LogP contribution in [0, 0.1) is 11.8 Å². The minimum atomic E-state index is -0.158. The van der Waals surface area contributed by atoms with E-state index in [-0.39, 0.29) is 11.9 Å². The molecule has 0 aliphatic heterocycles. The number of carbonyl (C=O) groups excluding carboxylic acids is 1. The Morgan fingerprint density at radius 2 is 2.29 bits per heavy atom. The lowest BCUT2D eigenvalue weighted by atomic mass is 9.87. The first kappa shape index (κ1) is 14.0. The number of rotatable bonds is 6. The van der Waals surface area contributed by atoms with Crippen molar-refractivity contribution in [3.63, 3.8) is 0 Å². The summed E-state index contributed by atoms with van der Waals surface area (Å²) in [6, 6.07) is 0. The Bertz CT molecular complexity index is 276. The van der Waals surface area contributed by atoms with E-state index >= 15 is 0 Å². The molecule has 0 bridgehead atoms. The van der Waals surface area contributed by atoms with Gasteiger partial charge in [0, 0.05) is 12.3 Å². The Kier molecular flexibility index (Phi) is 6.01. The molecule has 1 fully saturated rings. The first-order chi connectivity index (χ1) is 8.22. The van der Waals surface area contributed by atoms with Gasteiger partial charge in [0.15, 0.2) is 0 Å². The maximum atomic E-state index is 11.3. The van der Waals surface area contributed by atoms with E-state index in [2.05, 4.69) is 12.1 Å². The fraction of sp³-hybridized carbons (Fsp3) is 0.846. The van der Waals surface area contributed by atoms with Crippen LogP contribution >= 0.6 is 0 Å². The molecule has 2 atom stereocenters. The highest BCUT2D eigenvalue weighted by atomic mass is 16.5. The van der Waals surface area contributed by atoms with Gasteiger partial charge in [0.05, 0.1) is 12.8 Å². The average molecular weight is 241 g/mol. The van der Waals surface area contributed by atoms with Crippen LogP contribution in [-0.2, 0) is 9.53 Å². The van der Waals surface area contributed by atoms with Crippen LogP contribution in [0.1, 0.15) is 51.9 Å². The van der Waals surface area contributed by atoms with Crippen molar-refractivity contribution in [1.29, 1.82) is 0 Å². The van der Waals surface area contributed by atoms with Crippen LogP contribution in [-0.4, -0.2) is 24.0 Å². The average Bonchev–Trinajstić information content (AvgIpc) is 2.72. The summed E-state index contributed by atoms with van der Waals surface area (Å²) in [5, 5.41) is 12.4. The van der Waals surface area contributed by atoms with Gasteiger partial charge in [0.1, 0.15) is 0 Å².